The molecule has 0 radical (unpaired) electrons. The van der Waals surface area contributed by atoms with Crippen molar-refractivity contribution in [1.29, 1.82) is 0 Å². The largest absolute Gasteiger partial charge is 0.476 e. The number of aliphatic carboxylic acids is 1. The first-order valence-corrected chi connectivity index (χ1v) is 2.83. The second-order valence-corrected chi connectivity index (χ2v) is 1.97. The van der Waals surface area contributed by atoms with E-state index in [1.165, 1.54) is 0 Å². The van der Waals surface area contributed by atoms with Crippen molar-refractivity contribution in [3.63, 3.8) is 0 Å². The highest BCUT2D eigenvalue weighted by molar-refractivity contribution is 6.63. The molecule has 0 rings (SSSR count). The molecule has 2 N–H and O–H groups in total. The first-order chi connectivity index (χ1) is 5.78. The predicted octanol–water partition coefficient (Wildman–Crippen LogP) is 0.423. The summed E-state index contributed by atoms with van der Waals surface area (Å²) >= 11 is 0. The van der Waals surface area contributed by atoms with Gasteiger partial charge >= 0.3 is 12.1 Å². The van der Waals surface area contributed by atoms with Gasteiger partial charge in [-0.3, -0.25) is 4.79 Å². The molecule has 0 saturated carbocycles. The molecular formula is C5H4F3NO4. The summed E-state index contributed by atoms with van der Waals surface area (Å²) in [6.45, 7) is 0. The molecule has 5 nitrogen and oxygen atoms in total. The van der Waals surface area contributed by atoms with Crippen molar-refractivity contribution in [1.82, 2.24) is 0 Å². The number of carbonyl (C=O) groups is 2. The number of hydrogen-bond acceptors (Lipinski definition) is 4. The highest BCUT2D eigenvalue weighted by atomic mass is 19.4. The fraction of sp³-hybridized carbons (Fsp3) is 0.400. The molecule has 0 heterocycles. The van der Waals surface area contributed by atoms with Crippen molar-refractivity contribution in [3.05, 3.63) is 0 Å². The highest BCUT2D eigenvalue weighted by Crippen LogP contribution is 2.19. The lowest BCUT2D eigenvalue weighted by atomic mass is 10.2. The molecule has 0 aromatic rings. The summed E-state index contributed by atoms with van der Waals surface area (Å²) in [7, 11) is 0. The van der Waals surface area contributed by atoms with Gasteiger partial charge < -0.3 is 10.3 Å². The van der Waals surface area contributed by atoms with E-state index < -0.39 is 30.1 Å². The summed E-state index contributed by atoms with van der Waals surface area (Å²) < 4.78 is 34.5. The maximum absolute atomic E-state index is 11.5. The van der Waals surface area contributed by atoms with E-state index in [0.717, 1.165) is 0 Å². The fourth-order valence-electron chi connectivity index (χ4n) is 0.484. The molecule has 0 fully saturated rings. The van der Waals surface area contributed by atoms with Gasteiger partial charge in [0.15, 0.2) is 0 Å². The van der Waals surface area contributed by atoms with Crippen LogP contribution in [0.25, 0.3) is 0 Å². The lowest BCUT2D eigenvalue weighted by Gasteiger charge is -2.03. The van der Waals surface area contributed by atoms with Gasteiger partial charge in [-0.15, -0.1) is 0 Å². The highest BCUT2D eigenvalue weighted by Gasteiger charge is 2.35. The van der Waals surface area contributed by atoms with Gasteiger partial charge in [0.2, 0.25) is 11.5 Å². The number of carbonyl (C=O) groups excluding carboxylic acids is 1. The molecule has 0 bridgehead atoms. The van der Waals surface area contributed by atoms with Gasteiger partial charge in [0.05, 0.1) is 0 Å². The zero-order valence-corrected chi connectivity index (χ0v) is 6.00. The Morgan fingerprint density at radius 2 is 1.77 bits per heavy atom. The van der Waals surface area contributed by atoms with Crippen LogP contribution in [0.3, 0.4) is 0 Å². The van der Waals surface area contributed by atoms with Crippen molar-refractivity contribution in [2.45, 2.75) is 12.6 Å². The molecule has 0 aliphatic carbocycles. The second kappa shape index (κ2) is 3.87. The first kappa shape index (κ1) is 11.4. The Labute approximate surface area is 69.5 Å². The molecule has 0 aliphatic heterocycles. The first-order valence-electron chi connectivity index (χ1n) is 2.83. The monoisotopic (exact) mass is 199 g/mol. The third kappa shape index (κ3) is 4.09. The fourth-order valence-corrected chi connectivity index (χ4v) is 0.484. The molecule has 0 unspecified atom stereocenters. The van der Waals surface area contributed by atoms with Gasteiger partial charge in [-0.05, 0) is 0 Å². The zero-order chi connectivity index (χ0) is 10.6. The third-order valence-electron chi connectivity index (χ3n) is 0.928. The van der Waals surface area contributed by atoms with Crippen LogP contribution < -0.4 is 0 Å². The summed E-state index contributed by atoms with van der Waals surface area (Å²) in [5.74, 6) is -3.79. The SMILES string of the molecule is O=C(O)/C(=N\O)C(=O)CC(F)(F)F. The molecule has 13 heavy (non-hydrogen) atoms. The number of rotatable bonds is 3. The van der Waals surface area contributed by atoms with Gasteiger partial charge in [-0.25, -0.2) is 4.79 Å². The molecule has 0 amide bonds. The Balaban J connectivity index is 4.52. The van der Waals surface area contributed by atoms with Crippen LogP contribution in [0, 0.1) is 0 Å². The summed E-state index contributed by atoms with van der Waals surface area (Å²) in [4.78, 5) is 20.4. The molecule has 0 spiro atoms. The minimum atomic E-state index is -4.82. The Kier molecular flexibility index (Phi) is 3.40. The van der Waals surface area contributed by atoms with Crippen LogP contribution in [-0.2, 0) is 9.59 Å². The lowest BCUT2D eigenvalue weighted by Crippen LogP contribution is -2.28. The average Bonchev–Trinajstić information content (AvgIpc) is 1.82. The van der Waals surface area contributed by atoms with E-state index in [9.17, 15) is 22.8 Å². The summed E-state index contributed by atoms with van der Waals surface area (Å²) in [5, 5.41) is 17.9. The normalized spacial score (nSPS) is 12.7. The molecular weight excluding hydrogens is 195 g/mol. The lowest BCUT2D eigenvalue weighted by molar-refractivity contribution is -0.148. The maximum atomic E-state index is 11.5. The number of carboxylic acid groups (broad SMARTS) is 1. The van der Waals surface area contributed by atoms with Gasteiger partial charge in [0, 0.05) is 0 Å². The Hall–Kier alpha value is -1.60. The number of nitrogens with zero attached hydrogens (tertiary/aromatic N) is 1. The van der Waals surface area contributed by atoms with Crippen LogP contribution in [0.15, 0.2) is 5.16 Å². The molecule has 8 heteroatoms. The van der Waals surface area contributed by atoms with Crippen LogP contribution in [0.5, 0.6) is 0 Å². The number of carboxylic acids is 1. The van der Waals surface area contributed by atoms with Crippen LogP contribution in [0.4, 0.5) is 13.2 Å². The van der Waals surface area contributed by atoms with E-state index in [-0.39, 0.29) is 0 Å². The standard InChI is InChI=1S/C5H4F3NO4/c6-5(7,8)1-2(10)3(9-13)4(11)12/h13H,1H2,(H,11,12)/b9-3-. The number of Topliss-reactive ketones (excluding diaryl/α,β-unsaturated/α-hetero) is 1. The van der Waals surface area contributed by atoms with Crippen molar-refractivity contribution in [2.24, 2.45) is 5.16 Å². The van der Waals surface area contributed by atoms with Crippen LogP contribution in [0.2, 0.25) is 0 Å². The summed E-state index contributed by atoms with van der Waals surface area (Å²) in [5.41, 5.74) is -1.53. The number of ketones is 1. The molecule has 0 aromatic carbocycles. The molecule has 74 valence electrons. The van der Waals surface area contributed by atoms with Crippen molar-refractivity contribution in [2.75, 3.05) is 0 Å². The van der Waals surface area contributed by atoms with Crippen LogP contribution in [-0.4, -0.2) is 34.0 Å². The van der Waals surface area contributed by atoms with Crippen LogP contribution in [0.1, 0.15) is 6.42 Å². The smallest absolute Gasteiger partial charge is 0.396 e. The van der Waals surface area contributed by atoms with Crippen molar-refractivity contribution >= 4 is 17.5 Å². The van der Waals surface area contributed by atoms with Gasteiger partial charge in [0.1, 0.15) is 6.42 Å². The van der Waals surface area contributed by atoms with Gasteiger partial charge in [0.25, 0.3) is 0 Å². The number of hydrogen-bond donors (Lipinski definition) is 2. The van der Waals surface area contributed by atoms with Crippen molar-refractivity contribution < 1.29 is 33.1 Å². The second-order valence-electron chi connectivity index (χ2n) is 1.97. The summed E-state index contributed by atoms with van der Waals surface area (Å²) in [6.07, 6.45) is -6.78. The molecule has 0 aliphatic rings. The Morgan fingerprint density at radius 1 is 1.31 bits per heavy atom. The average molecular weight is 199 g/mol. The predicted molar refractivity (Wildman–Crippen MR) is 32.5 cm³/mol. The summed E-state index contributed by atoms with van der Waals surface area (Å²) in [6, 6.07) is 0. The van der Waals surface area contributed by atoms with Gasteiger partial charge in [-0.1, -0.05) is 5.16 Å². The van der Waals surface area contributed by atoms with E-state index in [4.69, 9.17) is 10.3 Å². The van der Waals surface area contributed by atoms with E-state index in [1.54, 1.807) is 0 Å². The Morgan fingerprint density at radius 3 is 2.00 bits per heavy atom. The third-order valence-corrected chi connectivity index (χ3v) is 0.928. The Bertz CT molecular complexity index is 257. The quantitative estimate of drug-likeness (QED) is 0.298. The number of oxime groups is 1. The zero-order valence-electron chi connectivity index (χ0n) is 6.00. The number of halogens is 3. The minimum Gasteiger partial charge on any atom is -0.476 e. The van der Waals surface area contributed by atoms with E-state index in [1.807, 2.05) is 5.16 Å². The minimum absolute atomic E-state index is 1.53. The van der Waals surface area contributed by atoms with E-state index in [2.05, 4.69) is 0 Å². The maximum Gasteiger partial charge on any atom is 0.396 e. The van der Waals surface area contributed by atoms with Gasteiger partial charge in [-0.2, -0.15) is 13.2 Å². The topological polar surface area (TPSA) is 87.0 Å². The van der Waals surface area contributed by atoms with E-state index >= 15 is 0 Å². The van der Waals surface area contributed by atoms with Crippen molar-refractivity contribution in [3.8, 4) is 0 Å². The van der Waals surface area contributed by atoms with E-state index in [0.29, 0.717) is 0 Å². The van der Waals surface area contributed by atoms with Crippen LogP contribution >= 0.6 is 0 Å². The number of alkyl halides is 3. The molecule has 0 aromatic heterocycles. The molecule has 0 saturated heterocycles. The molecule has 0 atom stereocenters.